The van der Waals surface area contributed by atoms with Crippen molar-refractivity contribution in [2.75, 3.05) is 47.4 Å². The summed E-state index contributed by atoms with van der Waals surface area (Å²) in [5.74, 6) is 1.21. The maximum atomic E-state index is 13.5. The molecule has 0 unspecified atom stereocenters. The molecule has 6 atom stereocenters. The summed E-state index contributed by atoms with van der Waals surface area (Å²) in [5, 5.41) is 47.8. The predicted octanol–water partition coefficient (Wildman–Crippen LogP) is 1.76. The van der Waals surface area contributed by atoms with Crippen LogP contribution in [0.15, 0.2) is 37.7 Å². The smallest absolute Gasteiger partial charge is 0.315 e. The van der Waals surface area contributed by atoms with E-state index in [0.29, 0.717) is 97.7 Å². The quantitative estimate of drug-likeness (QED) is 0.0521. The molecular weight excluding hydrogens is 981 g/mol. The first-order chi connectivity index (χ1) is 36.9. The number of aliphatic hydroxyl groups excluding tert-OH is 2. The number of fused-ring (bicyclic) bond motifs is 2. The van der Waals surface area contributed by atoms with Gasteiger partial charge >= 0.3 is 6.03 Å². The van der Waals surface area contributed by atoms with Crippen LogP contribution in [0.3, 0.4) is 0 Å². The number of likely N-dealkylation sites (N-methyl/N-ethyl adjacent to an activating group) is 2. The number of carbonyl (C=O) groups excluding carboxylic acids is 3. The number of anilines is 4. The van der Waals surface area contributed by atoms with E-state index in [1.54, 1.807) is 25.9 Å². The molecule has 8 heterocycles. The summed E-state index contributed by atoms with van der Waals surface area (Å²) in [6, 6.07) is -0.0941. The number of nitrogens with zero attached hydrogens (tertiary/aromatic N) is 12. The molecule has 2 aliphatic carbocycles. The first-order valence-electron chi connectivity index (χ1n) is 26.6. The number of ether oxygens (including phenoxy) is 2. The lowest BCUT2D eigenvalue weighted by molar-refractivity contribution is -0.137. The molecular formula is C49H70N20O7. The fourth-order valence-corrected chi connectivity index (χ4v) is 10.6. The second kappa shape index (κ2) is 23.3. The highest BCUT2D eigenvalue weighted by Crippen LogP contribution is 2.36. The summed E-state index contributed by atoms with van der Waals surface area (Å²) in [6.45, 7) is 5.58. The molecule has 408 valence electrons. The van der Waals surface area contributed by atoms with E-state index in [2.05, 4.69) is 57.5 Å². The Labute approximate surface area is 438 Å². The van der Waals surface area contributed by atoms with Gasteiger partial charge in [0.15, 0.2) is 46.3 Å². The Bertz CT molecular complexity index is 2960. The van der Waals surface area contributed by atoms with Crippen molar-refractivity contribution in [2.45, 2.75) is 152 Å². The highest BCUT2D eigenvalue weighted by Gasteiger charge is 2.48. The monoisotopic (exact) mass is 1050 g/mol. The Morgan fingerprint density at radius 3 is 1.61 bits per heavy atom. The van der Waals surface area contributed by atoms with Crippen molar-refractivity contribution in [3.8, 4) is 0 Å². The number of aliphatic hydroxyl groups is 2. The number of aryl methyl sites for hydroxylation is 2. The van der Waals surface area contributed by atoms with Crippen LogP contribution in [-0.2, 0) is 46.0 Å². The standard InChI is InChI=1S/C49H70N20O7/c1-5-50-44(72)33-15-16-34(75-33)68-25-56-35-40(62-47(64-42(35)68)52-19-17-31-21-66(3)23-54-31)58-27-7-11-29(12-8-27)60-49(74)61-30-13-9-28(10-14-30)59-41-36-43(65-48(63-41)53-20-18-32-22-67(4)24-55-32)69(26-57-36)46-38(71)37(70)39(76-46)45(73)51-6-2/h21-30,33-34,37-39,46,70-71H,5-20H2,1-4H3,(H,50,72)(H,51,73)(H2,60,61,74)(H2,52,58,62,64)(H2,53,59,63,65)/t27?,28?,29?,30?,33-,34+,37-,38+,39-,46+/m0/s1. The Hall–Kier alpha value is -7.23. The van der Waals surface area contributed by atoms with Crippen molar-refractivity contribution >= 4 is 63.7 Å². The molecule has 27 nitrogen and oxygen atoms in total. The van der Waals surface area contributed by atoms with Gasteiger partial charge in [-0.3, -0.25) is 18.7 Å². The first-order valence-corrected chi connectivity index (χ1v) is 26.6. The molecule has 10 rings (SSSR count). The number of carbonyl (C=O) groups is 3. The van der Waals surface area contributed by atoms with Crippen LogP contribution >= 0.6 is 0 Å². The highest BCUT2D eigenvalue weighted by molar-refractivity contribution is 5.86. The summed E-state index contributed by atoms with van der Waals surface area (Å²) < 4.78 is 19.4. The third-order valence-corrected chi connectivity index (χ3v) is 14.6. The fourth-order valence-electron chi connectivity index (χ4n) is 10.6. The summed E-state index contributed by atoms with van der Waals surface area (Å²) in [5.41, 5.74) is 3.86. The molecule has 10 N–H and O–H groups in total. The lowest BCUT2D eigenvalue weighted by Gasteiger charge is -2.32. The van der Waals surface area contributed by atoms with E-state index in [-0.39, 0.29) is 36.1 Å². The maximum absolute atomic E-state index is 13.5. The van der Waals surface area contributed by atoms with Gasteiger partial charge in [-0.15, -0.1) is 0 Å². The van der Waals surface area contributed by atoms with Gasteiger partial charge < -0.3 is 71.4 Å². The molecule has 6 aromatic heterocycles. The molecule has 0 spiro atoms. The van der Waals surface area contributed by atoms with E-state index in [4.69, 9.17) is 34.4 Å². The minimum atomic E-state index is -1.46. The van der Waals surface area contributed by atoms with Crippen molar-refractivity contribution in [2.24, 2.45) is 14.1 Å². The zero-order valence-corrected chi connectivity index (χ0v) is 43.4. The van der Waals surface area contributed by atoms with Crippen molar-refractivity contribution < 1.29 is 34.1 Å². The van der Waals surface area contributed by atoms with Gasteiger partial charge in [0, 0.05) is 89.7 Å². The van der Waals surface area contributed by atoms with Crippen LogP contribution < -0.4 is 42.5 Å². The van der Waals surface area contributed by atoms with Crippen LogP contribution in [-0.4, -0.2) is 161 Å². The molecule has 4 amide bonds. The summed E-state index contributed by atoms with van der Waals surface area (Å²) in [4.78, 5) is 76.4. The normalized spacial score (nSPS) is 25.6. The second-order valence-electron chi connectivity index (χ2n) is 20.2. The van der Waals surface area contributed by atoms with Gasteiger partial charge in [0.2, 0.25) is 17.8 Å². The number of nitrogens with one attached hydrogen (secondary N) is 8. The number of rotatable bonds is 20. The van der Waals surface area contributed by atoms with Gasteiger partial charge in [-0.05, 0) is 78.1 Å². The zero-order chi connectivity index (χ0) is 52.9. The average molecular weight is 1050 g/mol. The van der Waals surface area contributed by atoms with Crippen molar-refractivity contribution in [1.82, 2.24) is 79.4 Å². The van der Waals surface area contributed by atoms with E-state index in [9.17, 15) is 24.6 Å². The van der Waals surface area contributed by atoms with Crippen molar-refractivity contribution in [3.63, 3.8) is 0 Å². The van der Waals surface area contributed by atoms with Gasteiger partial charge in [0.05, 0.1) is 36.7 Å². The molecule has 2 aliphatic heterocycles. The Balaban J connectivity index is 0.734. The minimum absolute atomic E-state index is 0.00649. The second-order valence-corrected chi connectivity index (χ2v) is 20.2. The van der Waals surface area contributed by atoms with Gasteiger partial charge in [0.25, 0.3) is 5.91 Å². The largest absolute Gasteiger partial charge is 0.387 e. The van der Waals surface area contributed by atoms with Gasteiger partial charge in [0.1, 0.15) is 24.5 Å². The van der Waals surface area contributed by atoms with Crippen LogP contribution in [0.4, 0.5) is 28.3 Å². The molecule has 4 fully saturated rings. The fraction of sp³-hybridized carbons (Fsp3) is 0.612. The van der Waals surface area contributed by atoms with Crippen LogP contribution in [0.1, 0.15) is 102 Å². The zero-order valence-electron chi connectivity index (χ0n) is 43.4. The molecule has 4 aliphatic rings. The Morgan fingerprint density at radius 2 is 1.09 bits per heavy atom. The lowest BCUT2D eigenvalue weighted by atomic mass is 9.90. The topological polar surface area (TPSA) is 329 Å². The Kier molecular flexibility index (Phi) is 16.0. The molecule has 2 saturated carbocycles. The van der Waals surface area contributed by atoms with E-state index >= 15 is 0 Å². The summed E-state index contributed by atoms with van der Waals surface area (Å²) in [7, 11) is 3.85. The van der Waals surface area contributed by atoms with E-state index in [1.807, 2.05) is 47.1 Å². The van der Waals surface area contributed by atoms with Crippen molar-refractivity contribution in [3.05, 3.63) is 49.1 Å². The molecule has 0 radical (unpaired) electrons. The molecule has 0 bridgehead atoms. The number of hydrogen-bond acceptors (Lipinski definition) is 19. The first kappa shape index (κ1) is 52.2. The van der Waals surface area contributed by atoms with Crippen molar-refractivity contribution in [1.29, 1.82) is 0 Å². The van der Waals surface area contributed by atoms with Gasteiger partial charge in [-0.25, -0.2) is 24.7 Å². The van der Waals surface area contributed by atoms with E-state index < -0.39 is 42.8 Å². The molecule has 2 saturated heterocycles. The van der Waals surface area contributed by atoms with E-state index in [0.717, 1.165) is 62.8 Å². The average Bonchev–Trinajstić information content (AvgIpc) is 4.29. The number of amides is 4. The summed E-state index contributed by atoms with van der Waals surface area (Å²) >= 11 is 0. The molecule has 0 aromatic carbocycles. The van der Waals surface area contributed by atoms with Crippen LogP contribution in [0.2, 0.25) is 0 Å². The van der Waals surface area contributed by atoms with Crippen LogP contribution in [0, 0.1) is 0 Å². The number of urea groups is 1. The SMILES string of the molecule is CCNC(=O)[C@@H]1CC[C@H](n2cnc3c(NC4CCC(NC(=O)NC5CCC(Nc6nc(NCCc7cn(C)cn7)nc7c6ncn7[C@@H]6O[C@H](C(=O)NCC)[C@@H](O)[C@H]6O)CC5)CC4)nc(NCCc4cn(C)cn4)nc32)O1. The number of aromatic nitrogens is 12. The highest BCUT2D eigenvalue weighted by atomic mass is 16.6. The van der Waals surface area contributed by atoms with Gasteiger partial charge in [-0.1, -0.05) is 0 Å². The van der Waals surface area contributed by atoms with E-state index in [1.165, 1.54) is 10.9 Å². The number of hydrogen-bond donors (Lipinski definition) is 10. The third kappa shape index (κ3) is 11.9. The molecule has 76 heavy (non-hydrogen) atoms. The predicted molar refractivity (Wildman–Crippen MR) is 279 cm³/mol. The lowest BCUT2D eigenvalue weighted by Crippen LogP contribution is -2.49. The molecule has 6 aromatic rings. The van der Waals surface area contributed by atoms with Crippen LogP contribution in [0.5, 0.6) is 0 Å². The molecule has 27 heteroatoms. The number of imidazole rings is 4. The van der Waals surface area contributed by atoms with Crippen LogP contribution in [0.25, 0.3) is 22.3 Å². The Morgan fingerprint density at radius 1 is 0.592 bits per heavy atom. The summed E-state index contributed by atoms with van der Waals surface area (Å²) in [6.07, 6.45) is 13.1. The third-order valence-electron chi connectivity index (χ3n) is 14.6. The maximum Gasteiger partial charge on any atom is 0.315 e. The minimum Gasteiger partial charge on any atom is -0.387 e. The van der Waals surface area contributed by atoms with Gasteiger partial charge in [-0.2, -0.15) is 19.9 Å².